The van der Waals surface area contributed by atoms with Crippen molar-refractivity contribution in [1.82, 2.24) is 14.7 Å². The van der Waals surface area contributed by atoms with Crippen molar-refractivity contribution >= 4 is 68.4 Å². The smallest absolute Gasteiger partial charge is 0.268 e. The van der Waals surface area contributed by atoms with Gasteiger partial charge in [0.1, 0.15) is 12.1 Å². The number of nitrogens with one attached hydrogen (secondary N) is 1. The predicted octanol–water partition coefficient (Wildman–Crippen LogP) is 4.79. The number of rotatable bonds is 7. The Hall–Kier alpha value is -2.31. The number of carbonyl (C=O) groups is 1. The summed E-state index contributed by atoms with van der Waals surface area (Å²) in [4.78, 5) is 18.8. The SMILES string of the molecule is O=C(NCc1ccc(Cl)cc1N1CCCC1)c1cc(F)c(N(c2ncns2)S(=O)O)cc1Cl. The van der Waals surface area contributed by atoms with Crippen LogP contribution in [0.4, 0.5) is 20.9 Å². The van der Waals surface area contributed by atoms with Crippen molar-refractivity contribution in [3.8, 4) is 0 Å². The maximum atomic E-state index is 14.9. The summed E-state index contributed by atoms with van der Waals surface area (Å²) in [5.74, 6) is -1.49. The highest BCUT2D eigenvalue weighted by Crippen LogP contribution is 2.34. The van der Waals surface area contributed by atoms with E-state index in [9.17, 15) is 17.9 Å². The predicted molar refractivity (Wildman–Crippen MR) is 128 cm³/mol. The third-order valence-corrected chi connectivity index (χ3v) is 7.11. The average molecular weight is 530 g/mol. The molecule has 0 aliphatic carbocycles. The molecule has 2 N–H and O–H groups in total. The monoisotopic (exact) mass is 529 g/mol. The van der Waals surface area contributed by atoms with Gasteiger partial charge in [0.2, 0.25) is 5.13 Å². The molecule has 8 nitrogen and oxygen atoms in total. The lowest BCUT2D eigenvalue weighted by Gasteiger charge is -2.22. The zero-order valence-corrected chi connectivity index (χ0v) is 20.1. The number of amides is 1. The standard InChI is InChI=1S/C20H18Cl2FN5O3S2/c21-13-4-3-12(17(7-13)27-5-1-2-6-27)10-24-19(29)14-8-16(23)18(9-15(14)22)28(33(30)31)20-25-11-26-32-20/h3-4,7-9,11H,1-2,5-6,10H2,(H,24,29)(H,30,31). The highest BCUT2D eigenvalue weighted by molar-refractivity contribution is 7.81. The highest BCUT2D eigenvalue weighted by Gasteiger charge is 2.25. The number of halogens is 3. The van der Waals surface area contributed by atoms with Gasteiger partial charge in [0.05, 0.1) is 16.3 Å². The molecule has 0 bridgehead atoms. The van der Waals surface area contributed by atoms with Crippen LogP contribution in [-0.2, 0) is 17.8 Å². The van der Waals surface area contributed by atoms with Gasteiger partial charge in [-0.2, -0.15) is 4.37 Å². The normalized spacial score (nSPS) is 14.4. The van der Waals surface area contributed by atoms with Crippen LogP contribution in [0.2, 0.25) is 10.0 Å². The minimum atomic E-state index is -2.63. The van der Waals surface area contributed by atoms with Crippen LogP contribution in [0.1, 0.15) is 28.8 Å². The highest BCUT2D eigenvalue weighted by atomic mass is 35.5. The molecule has 1 saturated heterocycles. The number of carbonyl (C=O) groups excluding carboxylic acids is 1. The van der Waals surface area contributed by atoms with Crippen molar-refractivity contribution in [2.45, 2.75) is 19.4 Å². The van der Waals surface area contributed by atoms with Gasteiger partial charge in [0.15, 0.2) is 0 Å². The Kier molecular flexibility index (Phi) is 7.45. The first kappa shape index (κ1) is 23.8. The fourth-order valence-corrected chi connectivity index (χ4v) is 5.23. The van der Waals surface area contributed by atoms with Crippen molar-refractivity contribution < 1.29 is 17.9 Å². The van der Waals surface area contributed by atoms with Crippen LogP contribution >= 0.6 is 34.7 Å². The second kappa shape index (κ2) is 10.3. The van der Waals surface area contributed by atoms with E-state index >= 15 is 0 Å². The molecule has 0 spiro atoms. The van der Waals surface area contributed by atoms with Crippen LogP contribution in [0.3, 0.4) is 0 Å². The lowest BCUT2D eigenvalue weighted by molar-refractivity contribution is 0.0950. The quantitative estimate of drug-likeness (QED) is 0.427. The van der Waals surface area contributed by atoms with Crippen molar-refractivity contribution in [3.63, 3.8) is 0 Å². The average Bonchev–Trinajstić information content (AvgIpc) is 3.49. The van der Waals surface area contributed by atoms with Gasteiger partial charge in [0, 0.05) is 41.9 Å². The summed E-state index contributed by atoms with van der Waals surface area (Å²) in [7, 11) is 0. The van der Waals surface area contributed by atoms with Gasteiger partial charge >= 0.3 is 0 Å². The molecular weight excluding hydrogens is 512 g/mol. The third-order valence-electron chi connectivity index (χ3n) is 5.11. The Balaban J connectivity index is 1.55. The second-order valence-corrected chi connectivity index (χ2v) is 9.61. The van der Waals surface area contributed by atoms with Gasteiger partial charge in [-0.3, -0.25) is 9.35 Å². The number of hydrogen-bond acceptors (Lipinski definition) is 6. The summed E-state index contributed by atoms with van der Waals surface area (Å²) < 4.78 is 40.8. The van der Waals surface area contributed by atoms with Gasteiger partial charge < -0.3 is 10.2 Å². The topological polar surface area (TPSA) is 98.7 Å². The van der Waals surface area contributed by atoms with E-state index in [-0.39, 0.29) is 27.9 Å². The lowest BCUT2D eigenvalue weighted by atomic mass is 10.1. The van der Waals surface area contributed by atoms with E-state index in [4.69, 9.17) is 23.2 Å². The lowest BCUT2D eigenvalue weighted by Crippen LogP contribution is -2.26. The Bertz CT molecular complexity index is 1190. The summed E-state index contributed by atoms with van der Waals surface area (Å²) in [6, 6.07) is 7.50. The van der Waals surface area contributed by atoms with E-state index in [1.54, 1.807) is 6.07 Å². The fourth-order valence-electron chi connectivity index (χ4n) is 3.59. The molecule has 1 atom stereocenters. The first-order valence-corrected chi connectivity index (χ1v) is 12.4. The second-order valence-electron chi connectivity index (χ2n) is 7.18. The molecule has 1 aliphatic heterocycles. The Labute approximate surface area is 205 Å². The van der Waals surface area contributed by atoms with Crippen molar-refractivity contribution in [2.24, 2.45) is 0 Å². The van der Waals surface area contributed by atoms with Crippen molar-refractivity contribution in [1.29, 1.82) is 0 Å². The molecule has 0 radical (unpaired) electrons. The Morgan fingerprint density at radius 2 is 2.03 bits per heavy atom. The molecule has 3 aromatic rings. The molecule has 0 saturated carbocycles. The van der Waals surface area contributed by atoms with Crippen molar-refractivity contribution in [3.05, 3.63) is 63.6 Å². The number of benzene rings is 2. The third kappa shape index (κ3) is 5.28. The summed E-state index contributed by atoms with van der Waals surface area (Å²) >= 11 is 10.6. The van der Waals surface area contributed by atoms with Crippen LogP contribution < -0.4 is 14.5 Å². The molecule has 2 aromatic carbocycles. The molecule has 174 valence electrons. The van der Waals surface area contributed by atoms with Gasteiger partial charge in [0.25, 0.3) is 17.2 Å². The number of aromatic nitrogens is 2. The van der Waals surface area contributed by atoms with Crippen molar-refractivity contribution in [2.75, 3.05) is 22.3 Å². The Morgan fingerprint density at radius 3 is 2.70 bits per heavy atom. The molecule has 1 aliphatic rings. The van der Waals surface area contributed by atoms with Gasteiger partial charge in [-0.05, 0) is 42.7 Å². The molecule has 4 rings (SSSR count). The largest absolute Gasteiger partial charge is 0.371 e. The van der Waals surface area contributed by atoms with E-state index in [1.165, 1.54) is 6.33 Å². The van der Waals surface area contributed by atoms with E-state index < -0.39 is 23.0 Å². The summed E-state index contributed by atoms with van der Waals surface area (Å²) in [6.07, 6.45) is 3.35. The Morgan fingerprint density at radius 1 is 1.27 bits per heavy atom. The van der Waals surface area contributed by atoms with Gasteiger partial charge in [-0.25, -0.2) is 17.9 Å². The summed E-state index contributed by atoms with van der Waals surface area (Å²) in [5.41, 5.74) is 1.42. The number of hydrogen-bond donors (Lipinski definition) is 2. The molecule has 13 heteroatoms. The minimum Gasteiger partial charge on any atom is -0.371 e. The molecule has 1 amide bonds. The molecular formula is C20H18Cl2FN5O3S2. The maximum absolute atomic E-state index is 14.9. The van der Waals surface area contributed by atoms with Crippen LogP contribution in [0.5, 0.6) is 0 Å². The van der Waals surface area contributed by atoms with E-state index in [0.717, 1.165) is 65.2 Å². The van der Waals surface area contributed by atoms with Gasteiger partial charge in [-0.1, -0.05) is 29.3 Å². The van der Waals surface area contributed by atoms with E-state index in [2.05, 4.69) is 19.6 Å². The van der Waals surface area contributed by atoms with Crippen LogP contribution in [0.15, 0.2) is 36.7 Å². The molecule has 1 fully saturated rings. The molecule has 2 heterocycles. The minimum absolute atomic E-state index is 0.000169. The maximum Gasteiger partial charge on any atom is 0.268 e. The van der Waals surface area contributed by atoms with E-state index in [1.807, 2.05) is 12.1 Å². The number of anilines is 3. The van der Waals surface area contributed by atoms with Crippen LogP contribution in [-0.4, -0.2) is 37.1 Å². The van der Waals surface area contributed by atoms with Crippen LogP contribution in [0.25, 0.3) is 0 Å². The molecule has 33 heavy (non-hydrogen) atoms. The zero-order valence-electron chi connectivity index (χ0n) is 17.0. The van der Waals surface area contributed by atoms with Gasteiger partial charge in [-0.15, -0.1) is 0 Å². The first-order valence-electron chi connectivity index (χ1n) is 9.83. The van der Waals surface area contributed by atoms with E-state index in [0.29, 0.717) is 5.02 Å². The summed E-state index contributed by atoms with van der Waals surface area (Å²) in [5, 5.41) is 3.28. The molecule has 1 unspecified atom stereocenters. The van der Waals surface area contributed by atoms with Crippen LogP contribution in [0, 0.1) is 5.82 Å². The zero-order chi connectivity index (χ0) is 23.5. The first-order chi connectivity index (χ1) is 15.8. The number of nitrogens with zero attached hydrogens (tertiary/aromatic N) is 4. The molecule has 1 aromatic heterocycles. The fraction of sp³-hybridized carbons (Fsp3) is 0.250. The summed E-state index contributed by atoms with van der Waals surface area (Å²) in [6.45, 7) is 2.02.